The second-order valence-corrected chi connectivity index (χ2v) is 6.01. The predicted molar refractivity (Wildman–Crippen MR) is 78.4 cm³/mol. The van der Waals surface area contributed by atoms with E-state index in [-0.39, 0.29) is 36.5 Å². The molecular weight excluding hydrogens is 268 g/mol. The summed E-state index contributed by atoms with van der Waals surface area (Å²) < 4.78 is 10.5. The number of cyclic esters (lactones) is 1. The summed E-state index contributed by atoms with van der Waals surface area (Å²) in [6.45, 7) is 4.38. The molecule has 0 N–H and O–H groups in total. The van der Waals surface area contributed by atoms with Crippen molar-refractivity contribution in [1.29, 1.82) is 0 Å². The van der Waals surface area contributed by atoms with Gasteiger partial charge in [0, 0.05) is 0 Å². The highest BCUT2D eigenvalue weighted by atomic mass is 16.6. The SMILES string of the molecule is CCC1(C)CC(=O)OC(CC(=O)OCc2ccccc2)C1. The van der Waals surface area contributed by atoms with E-state index in [1.165, 1.54) is 0 Å². The molecule has 21 heavy (non-hydrogen) atoms. The summed E-state index contributed by atoms with van der Waals surface area (Å²) in [6.07, 6.45) is 1.82. The van der Waals surface area contributed by atoms with Crippen molar-refractivity contribution in [3.8, 4) is 0 Å². The first-order valence-electron chi connectivity index (χ1n) is 7.40. The van der Waals surface area contributed by atoms with E-state index >= 15 is 0 Å². The molecule has 1 aromatic rings. The zero-order chi connectivity index (χ0) is 15.3. The topological polar surface area (TPSA) is 52.6 Å². The zero-order valence-corrected chi connectivity index (χ0v) is 12.6. The molecule has 0 radical (unpaired) electrons. The van der Waals surface area contributed by atoms with E-state index in [0.717, 1.165) is 18.4 Å². The van der Waals surface area contributed by atoms with Gasteiger partial charge in [-0.25, -0.2) is 0 Å². The molecule has 1 aromatic carbocycles. The summed E-state index contributed by atoms with van der Waals surface area (Å²) >= 11 is 0. The molecule has 0 aromatic heterocycles. The van der Waals surface area contributed by atoms with Crippen LogP contribution in [0.25, 0.3) is 0 Å². The van der Waals surface area contributed by atoms with Crippen LogP contribution in [0.15, 0.2) is 30.3 Å². The number of benzene rings is 1. The first-order valence-corrected chi connectivity index (χ1v) is 7.40. The van der Waals surface area contributed by atoms with E-state index in [1.54, 1.807) is 0 Å². The molecule has 4 heteroatoms. The third-order valence-electron chi connectivity index (χ3n) is 4.08. The van der Waals surface area contributed by atoms with Gasteiger partial charge in [0.1, 0.15) is 12.7 Å². The van der Waals surface area contributed by atoms with Crippen LogP contribution in [0.1, 0.15) is 45.1 Å². The molecule has 114 valence electrons. The second-order valence-electron chi connectivity index (χ2n) is 6.01. The molecule has 0 aliphatic carbocycles. The third kappa shape index (κ3) is 4.59. The molecule has 0 bridgehead atoms. The van der Waals surface area contributed by atoms with Crippen LogP contribution in [0.4, 0.5) is 0 Å². The standard InChI is InChI=1S/C17H22O4/c1-3-17(2)10-14(21-16(19)11-17)9-15(18)20-12-13-7-5-4-6-8-13/h4-8,14H,3,9-12H2,1-2H3. The molecule has 2 atom stereocenters. The largest absolute Gasteiger partial charge is 0.462 e. The van der Waals surface area contributed by atoms with Crippen molar-refractivity contribution in [3.05, 3.63) is 35.9 Å². The fourth-order valence-corrected chi connectivity index (χ4v) is 2.61. The lowest BCUT2D eigenvalue weighted by Gasteiger charge is -2.36. The van der Waals surface area contributed by atoms with Crippen molar-refractivity contribution < 1.29 is 19.1 Å². The van der Waals surface area contributed by atoms with E-state index in [1.807, 2.05) is 30.3 Å². The molecule has 2 unspecified atom stereocenters. The van der Waals surface area contributed by atoms with Crippen LogP contribution >= 0.6 is 0 Å². The van der Waals surface area contributed by atoms with Gasteiger partial charge in [-0.2, -0.15) is 0 Å². The van der Waals surface area contributed by atoms with Crippen LogP contribution in [-0.2, 0) is 25.7 Å². The van der Waals surface area contributed by atoms with Crippen LogP contribution in [0.3, 0.4) is 0 Å². The van der Waals surface area contributed by atoms with Crippen LogP contribution in [0.2, 0.25) is 0 Å². The quantitative estimate of drug-likeness (QED) is 0.781. The molecule has 2 rings (SSSR count). The molecule has 1 aliphatic rings. The van der Waals surface area contributed by atoms with E-state index in [0.29, 0.717) is 6.42 Å². The van der Waals surface area contributed by atoms with Gasteiger partial charge in [0.2, 0.25) is 0 Å². The van der Waals surface area contributed by atoms with E-state index in [4.69, 9.17) is 9.47 Å². The first kappa shape index (κ1) is 15.5. The minimum absolute atomic E-state index is 0.0697. The Bertz CT molecular complexity index is 497. The third-order valence-corrected chi connectivity index (χ3v) is 4.08. The summed E-state index contributed by atoms with van der Waals surface area (Å²) in [6, 6.07) is 9.53. The Hall–Kier alpha value is -1.84. The van der Waals surface area contributed by atoms with Gasteiger partial charge in [0.05, 0.1) is 12.8 Å². The number of hydrogen-bond donors (Lipinski definition) is 0. The van der Waals surface area contributed by atoms with E-state index in [2.05, 4.69) is 13.8 Å². The Kier molecular flexibility index (Phi) is 4.99. The average molecular weight is 290 g/mol. The van der Waals surface area contributed by atoms with Gasteiger partial charge < -0.3 is 9.47 Å². The minimum Gasteiger partial charge on any atom is -0.462 e. The van der Waals surface area contributed by atoms with Crippen LogP contribution in [-0.4, -0.2) is 18.0 Å². The minimum atomic E-state index is -0.362. The molecular formula is C17H22O4. The molecule has 0 saturated carbocycles. The van der Waals surface area contributed by atoms with Crippen molar-refractivity contribution in [1.82, 2.24) is 0 Å². The van der Waals surface area contributed by atoms with Crippen molar-refractivity contribution >= 4 is 11.9 Å². The smallest absolute Gasteiger partial charge is 0.309 e. The number of hydrogen-bond acceptors (Lipinski definition) is 4. The summed E-state index contributed by atoms with van der Waals surface area (Å²) in [7, 11) is 0. The van der Waals surface area contributed by atoms with Crippen LogP contribution < -0.4 is 0 Å². The number of carbonyl (C=O) groups is 2. The van der Waals surface area contributed by atoms with Crippen LogP contribution in [0, 0.1) is 5.41 Å². The summed E-state index contributed by atoms with van der Waals surface area (Å²) in [5, 5.41) is 0. The Morgan fingerprint density at radius 1 is 1.38 bits per heavy atom. The number of rotatable bonds is 5. The number of esters is 2. The highest BCUT2D eigenvalue weighted by Gasteiger charge is 2.37. The van der Waals surface area contributed by atoms with Gasteiger partial charge in [-0.05, 0) is 17.4 Å². The Balaban J connectivity index is 1.83. The van der Waals surface area contributed by atoms with Gasteiger partial charge in [-0.15, -0.1) is 0 Å². The lowest BCUT2D eigenvalue weighted by molar-refractivity contribution is -0.166. The molecule has 1 saturated heterocycles. The zero-order valence-electron chi connectivity index (χ0n) is 12.6. The number of carbonyl (C=O) groups excluding carboxylic acids is 2. The normalized spacial score (nSPS) is 25.2. The highest BCUT2D eigenvalue weighted by molar-refractivity contribution is 5.74. The first-order chi connectivity index (χ1) is 10.0. The van der Waals surface area contributed by atoms with E-state index in [9.17, 15) is 9.59 Å². The fraction of sp³-hybridized carbons (Fsp3) is 0.529. The second kappa shape index (κ2) is 6.74. The summed E-state index contributed by atoms with van der Waals surface area (Å²) in [5.74, 6) is -0.538. The molecule has 1 heterocycles. The maximum atomic E-state index is 11.9. The fourth-order valence-electron chi connectivity index (χ4n) is 2.61. The van der Waals surface area contributed by atoms with Crippen LogP contribution in [0.5, 0.6) is 0 Å². The Morgan fingerprint density at radius 2 is 2.10 bits per heavy atom. The highest BCUT2D eigenvalue weighted by Crippen LogP contribution is 2.37. The maximum Gasteiger partial charge on any atom is 0.309 e. The van der Waals surface area contributed by atoms with Crippen molar-refractivity contribution in [3.63, 3.8) is 0 Å². The summed E-state index contributed by atoms with van der Waals surface area (Å²) in [5.41, 5.74) is 0.879. The summed E-state index contributed by atoms with van der Waals surface area (Å²) in [4.78, 5) is 23.5. The maximum absolute atomic E-state index is 11.9. The van der Waals surface area contributed by atoms with Crippen molar-refractivity contribution in [2.45, 2.75) is 52.2 Å². The van der Waals surface area contributed by atoms with Gasteiger partial charge in [-0.1, -0.05) is 50.6 Å². The van der Waals surface area contributed by atoms with Gasteiger partial charge in [0.15, 0.2) is 0 Å². The number of ether oxygens (including phenoxy) is 2. The monoisotopic (exact) mass is 290 g/mol. The molecule has 0 amide bonds. The lowest BCUT2D eigenvalue weighted by Crippen LogP contribution is -2.37. The Morgan fingerprint density at radius 3 is 2.76 bits per heavy atom. The molecule has 1 fully saturated rings. The van der Waals surface area contributed by atoms with Gasteiger partial charge in [-0.3, -0.25) is 9.59 Å². The Labute approximate surface area is 125 Å². The van der Waals surface area contributed by atoms with Crippen molar-refractivity contribution in [2.24, 2.45) is 5.41 Å². The van der Waals surface area contributed by atoms with Crippen molar-refractivity contribution in [2.75, 3.05) is 0 Å². The molecule has 0 spiro atoms. The molecule has 1 aliphatic heterocycles. The van der Waals surface area contributed by atoms with E-state index < -0.39 is 0 Å². The lowest BCUT2D eigenvalue weighted by atomic mass is 9.77. The van der Waals surface area contributed by atoms with Gasteiger partial charge >= 0.3 is 11.9 Å². The average Bonchev–Trinajstić information content (AvgIpc) is 2.45. The predicted octanol–water partition coefficient (Wildman–Crippen LogP) is 3.24. The van der Waals surface area contributed by atoms with Gasteiger partial charge in [0.25, 0.3) is 0 Å². The molecule has 4 nitrogen and oxygen atoms in total.